The number of hydrogen-bond acceptors (Lipinski definition) is 5. The van der Waals surface area contributed by atoms with Crippen molar-refractivity contribution in [3.63, 3.8) is 0 Å². The maximum absolute atomic E-state index is 12.0. The number of carbonyl (C=O) groups excluding carboxylic acids is 1. The van der Waals surface area contributed by atoms with Crippen molar-refractivity contribution in [1.29, 1.82) is 0 Å². The van der Waals surface area contributed by atoms with Crippen molar-refractivity contribution < 1.29 is 14.3 Å². The molecule has 8 nitrogen and oxygen atoms in total. The molecule has 0 aliphatic carbocycles. The summed E-state index contributed by atoms with van der Waals surface area (Å²) in [5.74, 6) is 0.785. The molecule has 0 spiro atoms. The molecule has 0 aliphatic heterocycles. The molecule has 8 heteroatoms. The van der Waals surface area contributed by atoms with Crippen LogP contribution in [0.5, 0.6) is 11.5 Å². The van der Waals surface area contributed by atoms with E-state index in [0.717, 1.165) is 0 Å². The van der Waals surface area contributed by atoms with Gasteiger partial charge in [0.1, 0.15) is 11.5 Å². The highest BCUT2D eigenvalue weighted by Gasteiger charge is 2.09. The Kier molecular flexibility index (Phi) is 5.19. The fraction of sp³-hybridized carbons (Fsp3) is 0.267. The monoisotopic (exact) mass is 319 g/mol. The SMILES string of the molecule is COc1ccc(OC)c(NC(=O)CCn2ccc(=O)[nH]c2=O)c1. The topological polar surface area (TPSA) is 102 Å². The fourth-order valence-electron chi connectivity index (χ4n) is 1.97. The van der Waals surface area contributed by atoms with Gasteiger partial charge < -0.3 is 19.4 Å². The number of nitrogens with one attached hydrogen (secondary N) is 2. The highest BCUT2D eigenvalue weighted by atomic mass is 16.5. The average molecular weight is 319 g/mol. The van der Waals surface area contributed by atoms with Crippen molar-refractivity contribution in [3.05, 3.63) is 51.3 Å². The summed E-state index contributed by atoms with van der Waals surface area (Å²) in [5.41, 5.74) is -0.549. The molecule has 1 aromatic carbocycles. The van der Waals surface area contributed by atoms with Crippen molar-refractivity contribution in [1.82, 2.24) is 9.55 Å². The van der Waals surface area contributed by atoms with Crippen molar-refractivity contribution >= 4 is 11.6 Å². The number of benzene rings is 1. The number of methoxy groups -OCH3 is 2. The summed E-state index contributed by atoms with van der Waals surface area (Å²) in [4.78, 5) is 36.7. The van der Waals surface area contributed by atoms with Crippen LogP contribution in [0.4, 0.5) is 5.69 Å². The molecule has 122 valence electrons. The van der Waals surface area contributed by atoms with Crippen LogP contribution >= 0.6 is 0 Å². The second kappa shape index (κ2) is 7.30. The van der Waals surface area contributed by atoms with E-state index in [4.69, 9.17) is 9.47 Å². The van der Waals surface area contributed by atoms with E-state index in [-0.39, 0.29) is 18.9 Å². The Balaban J connectivity index is 2.05. The zero-order valence-corrected chi connectivity index (χ0v) is 12.8. The second-order valence-corrected chi connectivity index (χ2v) is 4.67. The molecule has 0 fully saturated rings. The summed E-state index contributed by atoms with van der Waals surface area (Å²) in [6, 6.07) is 6.27. The van der Waals surface area contributed by atoms with E-state index in [1.54, 1.807) is 18.2 Å². The van der Waals surface area contributed by atoms with Gasteiger partial charge in [0.25, 0.3) is 5.56 Å². The first kappa shape index (κ1) is 16.3. The predicted molar refractivity (Wildman–Crippen MR) is 84.1 cm³/mol. The molecule has 23 heavy (non-hydrogen) atoms. The van der Waals surface area contributed by atoms with Gasteiger partial charge in [0.15, 0.2) is 0 Å². The summed E-state index contributed by atoms with van der Waals surface area (Å²) in [6.07, 6.45) is 1.41. The molecule has 0 saturated heterocycles. The first-order valence-electron chi connectivity index (χ1n) is 6.85. The van der Waals surface area contributed by atoms with E-state index in [1.807, 2.05) is 0 Å². The number of H-pyrrole nitrogens is 1. The van der Waals surface area contributed by atoms with Gasteiger partial charge in [-0.15, -0.1) is 0 Å². The van der Waals surface area contributed by atoms with Crippen LogP contribution in [0.1, 0.15) is 6.42 Å². The van der Waals surface area contributed by atoms with Crippen LogP contribution in [-0.4, -0.2) is 29.7 Å². The molecule has 0 aliphatic rings. The van der Waals surface area contributed by atoms with Crippen LogP contribution in [0.25, 0.3) is 0 Å². The Hall–Kier alpha value is -3.03. The molecule has 2 rings (SSSR count). The quantitative estimate of drug-likeness (QED) is 0.811. The van der Waals surface area contributed by atoms with Gasteiger partial charge >= 0.3 is 5.69 Å². The van der Waals surface area contributed by atoms with Gasteiger partial charge in [-0.2, -0.15) is 0 Å². The van der Waals surface area contributed by atoms with E-state index in [9.17, 15) is 14.4 Å². The highest BCUT2D eigenvalue weighted by molar-refractivity contribution is 5.92. The lowest BCUT2D eigenvalue weighted by Gasteiger charge is -2.12. The standard InChI is InChI=1S/C15H17N3O5/c1-22-10-3-4-12(23-2)11(9-10)16-13(19)5-7-18-8-6-14(20)17-15(18)21/h3-4,6,8-9H,5,7H2,1-2H3,(H,16,19)(H,17,20,21). The molecule has 0 unspecified atom stereocenters. The van der Waals surface area contributed by atoms with Gasteiger partial charge in [0.2, 0.25) is 5.91 Å². The molecule has 0 bridgehead atoms. The Morgan fingerprint density at radius 3 is 2.65 bits per heavy atom. The molecule has 0 radical (unpaired) electrons. The van der Waals surface area contributed by atoms with E-state index < -0.39 is 11.2 Å². The van der Waals surface area contributed by atoms with Crippen molar-refractivity contribution in [2.45, 2.75) is 13.0 Å². The van der Waals surface area contributed by atoms with Crippen molar-refractivity contribution in [2.24, 2.45) is 0 Å². The zero-order chi connectivity index (χ0) is 16.8. The number of ether oxygens (including phenoxy) is 2. The van der Waals surface area contributed by atoms with E-state index in [0.29, 0.717) is 17.2 Å². The highest BCUT2D eigenvalue weighted by Crippen LogP contribution is 2.28. The van der Waals surface area contributed by atoms with Crippen LogP contribution in [0, 0.1) is 0 Å². The van der Waals surface area contributed by atoms with Gasteiger partial charge in [-0.1, -0.05) is 0 Å². The van der Waals surface area contributed by atoms with E-state index in [1.165, 1.54) is 31.0 Å². The molecule has 0 atom stereocenters. The number of rotatable bonds is 6. The molecule has 1 heterocycles. The van der Waals surface area contributed by atoms with Crippen LogP contribution < -0.4 is 26.0 Å². The fourth-order valence-corrected chi connectivity index (χ4v) is 1.97. The lowest BCUT2D eigenvalue weighted by atomic mass is 10.2. The average Bonchev–Trinajstić information content (AvgIpc) is 2.54. The summed E-state index contributed by atoms with van der Waals surface area (Å²) in [5, 5.41) is 2.71. The minimum absolute atomic E-state index is 0.0618. The Labute approximate surface area is 131 Å². The number of aromatic nitrogens is 2. The molecule has 0 saturated carbocycles. The summed E-state index contributed by atoms with van der Waals surface area (Å²) < 4.78 is 11.5. The molecule has 2 aromatic rings. The number of aromatic amines is 1. The minimum Gasteiger partial charge on any atom is -0.497 e. The molecule has 1 amide bonds. The number of anilines is 1. The number of hydrogen-bond donors (Lipinski definition) is 2. The largest absolute Gasteiger partial charge is 0.497 e. The van der Waals surface area contributed by atoms with Gasteiger partial charge in [-0.3, -0.25) is 14.6 Å². The van der Waals surface area contributed by atoms with Crippen LogP contribution in [0.2, 0.25) is 0 Å². The van der Waals surface area contributed by atoms with E-state index in [2.05, 4.69) is 10.3 Å². The Morgan fingerprint density at radius 1 is 1.22 bits per heavy atom. The third kappa shape index (κ3) is 4.22. The normalized spacial score (nSPS) is 10.2. The molecular weight excluding hydrogens is 302 g/mol. The number of amides is 1. The number of aryl methyl sites for hydroxylation is 1. The lowest BCUT2D eigenvalue weighted by Crippen LogP contribution is -2.29. The van der Waals surface area contributed by atoms with Crippen LogP contribution in [-0.2, 0) is 11.3 Å². The predicted octanol–water partition coefficient (Wildman–Crippen LogP) is 0.583. The van der Waals surface area contributed by atoms with Crippen molar-refractivity contribution in [2.75, 3.05) is 19.5 Å². The third-order valence-corrected chi connectivity index (χ3v) is 3.16. The maximum Gasteiger partial charge on any atom is 0.328 e. The summed E-state index contributed by atoms with van der Waals surface area (Å²) in [7, 11) is 3.02. The first-order valence-corrected chi connectivity index (χ1v) is 6.85. The van der Waals surface area contributed by atoms with Crippen LogP contribution in [0.3, 0.4) is 0 Å². The van der Waals surface area contributed by atoms with Crippen LogP contribution in [0.15, 0.2) is 40.1 Å². The van der Waals surface area contributed by atoms with Gasteiger partial charge in [0, 0.05) is 31.3 Å². The maximum atomic E-state index is 12.0. The number of carbonyl (C=O) groups is 1. The smallest absolute Gasteiger partial charge is 0.328 e. The second-order valence-electron chi connectivity index (χ2n) is 4.67. The van der Waals surface area contributed by atoms with E-state index >= 15 is 0 Å². The van der Waals surface area contributed by atoms with Crippen molar-refractivity contribution in [3.8, 4) is 11.5 Å². The van der Waals surface area contributed by atoms with Gasteiger partial charge in [0.05, 0.1) is 19.9 Å². The lowest BCUT2D eigenvalue weighted by molar-refractivity contribution is -0.116. The molecule has 1 aromatic heterocycles. The Bertz CT molecular complexity index is 809. The third-order valence-electron chi connectivity index (χ3n) is 3.16. The van der Waals surface area contributed by atoms with Gasteiger partial charge in [-0.05, 0) is 12.1 Å². The number of nitrogens with zero attached hydrogens (tertiary/aromatic N) is 1. The minimum atomic E-state index is -0.552. The zero-order valence-electron chi connectivity index (χ0n) is 12.8. The Morgan fingerprint density at radius 2 is 2.00 bits per heavy atom. The molecule has 2 N–H and O–H groups in total. The summed E-state index contributed by atoms with van der Waals surface area (Å²) >= 11 is 0. The summed E-state index contributed by atoms with van der Waals surface area (Å²) in [6.45, 7) is 0.147. The van der Waals surface area contributed by atoms with Gasteiger partial charge in [-0.25, -0.2) is 4.79 Å². The first-order chi connectivity index (χ1) is 11.0. The molecular formula is C15H17N3O5.